The minimum absolute atomic E-state index is 0.0557. The van der Waals surface area contributed by atoms with Gasteiger partial charge in [0.2, 0.25) is 5.91 Å². The third kappa shape index (κ3) is 3.98. The fraction of sp³-hybridized carbons (Fsp3) is 0.370. The van der Waals surface area contributed by atoms with E-state index in [-0.39, 0.29) is 23.8 Å². The van der Waals surface area contributed by atoms with Gasteiger partial charge in [0.05, 0.1) is 17.9 Å². The molecule has 6 nitrogen and oxygen atoms in total. The third-order valence-electron chi connectivity index (χ3n) is 7.14. The second-order valence-corrected chi connectivity index (χ2v) is 10.5. The van der Waals surface area contributed by atoms with Gasteiger partial charge in [0.25, 0.3) is 0 Å². The average Bonchev–Trinajstić information content (AvgIpc) is 3.52. The summed E-state index contributed by atoms with van der Waals surface area (Å²) in [6.07, 6.45) is 2.20. The van der Waals surface area contributed by atoms with Crippen LogP contribution in [0.25, 0.3) is 21.9 Å². The summed E-state index contributed by atoms with van der Waals surface area (Å²) in [6.45, 7) is 3.57. The van der Waals surface area contributed by atoms with Gasteiger partial charge in [-0.2, -0.15) is 0 Å². The van der Waals surface area contributed by atoms with Crippen molar-refractivity contribution in [1.29, 1.82) is 0 Å². The van der Waals surface area contributed by atoms with Crippen molar-refractivity contribution in [3.05, 3.63) is 53.4 Å². The van der Waals surface area contributed by atoms with Crippen molar-refractivity contribution in [3.8, 4) is 11.1 Å². The third-order valence-corrected chi connectivity index (χ3v) is 8.03. The van der Waals surface area contributed by atoms with E-state index in [0.29, 0.717) is 16.1 Å². The number of fused-ring (bicyclic) bond motifs is 3. The van der Waals surface area contributed by atoms with Gasteiger partial charge in [-0.05, 0) is 67.3 Å². The monoisotopic (exact) mass is 477 g/mol. The predicted molar refractivity (Wildman–Crippen MR) is 132 cm³/mol. The molecule has 1 amide bonds. The fourth-order valence-electron chi connectivity index (χ4n) is 5.71. The zero-order valence-electron chi connectivity index (χ0n) is 19.1. The first-order valence-electron chi connectivity index (χ1n) is 11.7. The summed E-state index contributed by atoms with van der Waals surface area (Å²) in [5.74, 6) is -2.82. The number of hydrogen-bond donors (Lipinski definition) is 2. The maximum absolute atomic E-state index is 13.3. The number of rotatable bonds is 6. The van der Waals surface area contributed by atoms with Crippen LogP contribution in [0.4, 0.5) is 5.00 Å². The highest BCUT2D eigenvalue weighted by Gasteiger charge is 2.54. The molecule has 0 saturated heterocycles. The fourth-order valence-corrected chi connectivity index (χ4v) is 6.67. The highest BCUT2D eigenvalue weighted by Crippen LogP contribution is 2.53. The molecule has 0 aliphatic heterocycles. The second kappa shape index (κ2) is 8.87. The first kappa shape index (κ1) is 22.6. The number of hydrogen-bond acceptors (Lipinski definition) is 5. The van der Waals surface area contributed by atoms with E-state index in [1.54, 1.807) is 13.8 Å². The number of nitrogens with one attached hydrogen (secondary N) is 1. The first-order chi connectivity index (χ1) is 16.3. The molecule has 2 fully saturated rings. The van der Waals surface area contributed by atoms with Crippen molar-refractivity contribution in [2.24, 2.45) is 23.7 Å². The summed E-state index contributed by atoms with van der Waals surface area (Å²) >= 11 is 1.27. The molecule has 0 spiro atoms. The molecule has 1 aromatic heterocycles. The summed E-state index contributed by atoms with van der Waals surface area (Å²) in [5.41, 5.74) is 1.87. The number of carboxylic acids is 1. The molecule has 2 N–H and O–H groups in total. The summed E-state index contributed by atoms with van der Waals surface area (Å²) in [7, 11) is 0. The molecule has 0 radical (unpaired) electrons. The minimum atomic E-state index is -0.908. The number of carbonyl (C=O) groups is 3. The summed E-state index contributed by atoms with van der Waals surface area (Å²) < 4.78 is 5.52. The number of thiophene rings is 1. The van der Waals surface area contributed by atoms with Gasteiger partial charge in [-0.25, -0.2) is 4.79 Å². The number of aliphatic carboxylic acids is 1. The molecule has 2 bridgehead atoms. The summed E-state index contributed by atoms with van der Waals surface area (Å²) in [4.78, 5) is 38.4. The van der Waals surface area contributed by atoms with E-state index in [4.69, 9.17) is 4.74 Å². The molecule has 2 aliphatic rings. The number of amides is 1. The highest BCUT2D eigenvalue weighted by atomic mass is 32.1. The van der Waals surface area contributed by atoms with Crippen LogP contribution in [0.2, 0.25) is 0 Å². The van der Waals surface area contributed by atoms with Crippen molar-refractivity contribution < 1.29 is 24.2 Å². The standard InChI is InChI=1S/C27H27NO5S/c1-14(2)33-27(32)23-20(17-8-7-15-5-3-4-6-16(15)11-17)13-34-25(23)28-24(29)21-18-9-10-19(12-18)22(21)26(30)31/h3-8,11,13-14,18-19,21-22H,9-10,12H2,1-2H3,(H,28,29)(H,30,31)/t18-,19+,21+,22+/m1/s1. The Balaban J connectivity index is 1.51. The van der Waals surface area contributed by atoms with Crippen molar-refractivity contribution >= 4 is 45.0 Å². The normalized spacial score (nSPS) is 23.4. The van der Waals surface area contributed by atoms with Crippen molar-refractivity contribution in [3.63, 3.8) is 0 Å². The first-order valence-corrected chi connectivity index (χ1v) is 12.6. The van der Waals surface area contributed by atoms with Gasteiger partial charge in [-0.1, -0.05) is 36.4 Å². The zero-order valence-corrected chi connectivity index (χ0v) is 19.9. The van der Waals surface area contributed by atoms with Gasteiger partial charge < -0.3 is 15.2 Å². The Morgan fingerprint density at radius 2 is 1.74 bits per heavy atom. The lowest BCUT2D eigenvalue weighted by atomic mass is 9.78. The lowest BCUT2D eigenvalue weighted by molar-refractivity contribution is -0.148. The molecular weight excluding hydrogens is 450 g/mol. The number of ether oxygens (including phenoxy) is 1. The van der Waals surface area contributed by atoms with Crippen molar-refractivity contribution in [2.45, 2.75) is 39.2 Å². The van der Waals surface area contributed by atoms with Crippen LogP contribution in [0, 0.1) is 23.7 Å². The smallest absolute Gasteiger partial charge is 0.342 e. The lowest BCUT2D eigenvalue weighted by Crippen LogP contribution is -2.38. The topological polar surface area (TPSA) is 92.7 Å². The molecule has 34 heavy (non-hydrogen) atoms. The number of carbonyl (C=O) groups excluding carboxylic acids is 2. The van der Waals surface area contributed by atoms with E-state index >= 15 is 0 Å². The van der Waals surface area contributed by atoms with Crippen LogP contribution >= 0.6 is 11.3 Å². The van der Waals surface area contributed by atoms with E-state index in [0.717, 1.165) is 35.6 Å². The van der Waals surface area contributed by atoms with Gasteiger partial charge in [0.1, 0.15) is 10.6 Å². The van der Waals surface area contributed by atoms with Crippen LogP contribution in [0.5, 0.6) is 0 Å². The Morgan fingerprint density at radius 1 is 1.03 bits per heavy atom. The molecule has 7 heteroatoms. The molecular formula is C27H27NO5S. The molecule has 4 atom stereocenters. The van der Waals surface area contributed by atoms with Crippen LogP contribution in [-0.4, -0.2) is 29.1 Å². The zero-order chi connectivity index (χ0) is 24.0. The van der Waals surface area contributed by atoms with E-state index in [1.807, 2.05) is 47.8 Å². The Kier molecular flexibility index (Phi) is 5.90. The van der Waals surface area contributed by atoms with Gasteiger partial charge in [-0.3, -0.25) is 9.59 Å². The maximum Gasteiger partial charge on any atom is 0.342 e. The van der Waals surface area contributed by atoms with Gasteiger partial charge in [0.15, 0.2) is 0 Å². The summed E-state index contributed by atoms with van der Waals surface area (Å²) in [6, 6.07) is 14.0. The van der Waals surface area contributed by atoms with E-state index in [9.17, 15) is 19.5 Å². The molecule has 3 aromatic rings. The van der Waals surface area contributed by atoms with E-state index in [2.05, 4.69) is 5.32 Å². The van der Waals surface area contributed by atoms with E-state index < -0.39 is 23.8 Å². The summed E-state index contributed by atoms with van der Waals surface area (Å²) in [5, 5.41) is 17.1. The van der Waals surface area contributed by atoms with Crippen molar-refractivity contribution in [1.82, 2.24) is 0 Å². The number of esters is 1. The second-order valence-electron chi connectivity index (χ2n) is 9.58. The van der Waals surface area contributed by atoms with Gasteiger partial charge in [0, 0.05) is 10.9 Å². The van der Waals surface area contributed by atoms with Crippen LogP contribution < -0.4 is 5.32 Å². The minimum Gasteiger partial charge on any atom is -0.481 e. The Bertz CT molecular complexity index is 1280. The largest absolute Gasteiger partial charge is 0.481 e. The molecule has 2 aromatic carbocycles. The maximum atomic E-state index is 13.3. The molecule has 0 unspecified atom stereocenters. The van der Waals surface area contributed by atoms with Gasteiger partial charge >= 0.3 is 11.9 Å². The number of benzene rings is 2. The molecule has 2 saturated carbocycles. The number of anilines is 1. The molecule has 5 rings (SSSR count). The predicted octanol–water partition coefficient (Wildman–Crippen LogP) is 5.82. The average molecular weight is 478 g/mol. The SMILES string of the molecule is CC(C)OC(=O)c1c(-c2ccc3ccccc3c2)csc1NC(=O)[C@H]1[C@@H]2CC[C@@H](C2)[C@@H]1C(=O)O. The highest BCUT2D eigenvalue weighted by molar-refractivity contribution is 7.15. The molecule has 1 heterocycles. The van der Waals surface area contributed by atoms with Crippen LogP contribution in [0.15, 0.2) is 47.8 Å². The van der Waals surface area contributed by atoms with Crippen LogP contribution in [0.3, 0.4) is 0 Å². The van der Waals surface area contributed by atoms with E-state index in [1.165, 1.54) is 11.3 Å². The Morgan fingerprint density at radius 3 is 2.44 bits per heavy atom. The number of carboxylic acid groups (broad SMARTS) is 1. The van der Waals surface area contributed by atoms with Gasteiger partial charge in [-0.15, -0.1) is 11.3 Å². The van der Waals surface area contributed by atoms with Crippen LogP contribution in [0.1, 0.15) is 43.5 Å². The molecule has 2 aliphatic carbocycles. The Hall–Kier alpha value is -3.19. The Labute approximate surface area is 201 Å². The quantitative estimate of drug-likeness (QED) is 0.437. The van der Waals surface area contributed by atoms with Crippen molar-refractivity contribution in [2.75, 3.05) is 5.32 Å². The lowest BCUT2D eigenvalue weighted by Gasteiger charge is -2.27. The van der Waals surface area contributed by atoms with Crippen LogP contribution in [-0.2, 0) is 14.3 Å². The molecule has 176 valence electrons.